The summed E-state index contributed by atoms with van der Waals surface area (Å²) in [5.74, 6) is 0.900. The number of ether oxygens (including phenoxy) is 1. The van der Waals surface area contributed by atoms with Gasteiger partial charge in [0.2, 0.25) is 0 Å². The van der Waals surface area contributed by atoms with E-state index in [0.717, 1.165) is 23.3 Å². The van der Waals surface area contributed by atoms with Crippen LogP contribution in [0.2, 0.25) is 0 Å². The summed E-state index contributed by atoms with van der Waals surface area (Å²) in [6.45, 7) is 15.6. The first kappa shape index (κ1) is 24.3. The van der Waals surface area contributed by atoms with Crippen LogP contribution in [0.25, 0.3) is 17.2 Å². The summed E-state index contributed by atoms with van der Waals surface area (Å²) in [5, 5.41) is 0. The molecule has 0 aliphatic heterocycles. The lowest BCUT2D eigenvalue weighted by Gasteiger charge is -2.27. The molecule has 0 aromatic heterocycles. The third-order valence-electron chi connectivity index (χ3n) is 6.09. The molecule has 32 heavy (non-hydrogen) atoms. The predicted molar refractivity (Wildman–Crippen MR) is 148 cm³/mol. The summed E-state index contributed by atoms with van der Waals surface area (Å²) in [7, 11) is 0. The molecule has 3 aromatic carbocycles. The van der Waals surface area contributed by atoms with Crippen LogP contribution >= 0.6 is 22.6 Å². The highest BCUT2D eigenvalue weighted by molar-refractivity contribution is 14.1. The molecule has 0 heterocycles. The van der Waals surface area contributed by atoms with Gasteiger partial charge in [0, 0.05) is 0 Å². The molecule has 1 nitrogen and oxygen atoms in total. The molecule has 0 saturated heterocycles. The number of hydrogen-bond acceptors (Lipinski definition) is 1. The number of aryl methyl sites for hydroxylation is 1. The highest BCUT2D eigenvalue weighted by Crippen LogP contribution is 2.43. The van der Waals surface area contributed by atoms with Crippen molar-refractivity contribution in [2.45, 2.75) is 51.1 Å². The third-order valence-corrected chi connectivity index (χ3v) is 7.59. The molecule has 0 bridgehead atoms. The van der Waals surface area contributed by atoms with E-state index in [2.05, 4.69) is 137 Å². The lowest BCUT2D eigenvalue weighted by molar-refractivity contribution is 0.306. The molecule has 0 aliphatic rings. The van der Waals surface area contributed by atoms with Crippen molar-refractivity contribution in [1.82, 2.24) is 0 Å². The second kappa shape index (κ2) is 10.5. The molecule has 166 valence electrons. The van der Waals surface area contributed by atoms with Crippen LogP contribution in [0.5, 0.6) is 5.75 Å². The Kier molecular flexibility index (Phi) is 8.00. The molecular weight excluding hydrogens is 503 g/mol. The zero-order chi connectivity index (χ0) is 23.3. The molecule has 0 spiro atoms. The summed E-state index contributed by atoms with van der Waals surface area (Å²) in [6, 6.07) is 23.6. The van der Waals surface area contributed by atoms with E-state index < -0.39 is 0 Å². The van der Waals surface area contributed by atoms with Gasteiger partial charge in [-0.1, -0.05) is 108 Å². The molecule has 1 atom stereocenters. The predicted octanol–water partition coefficient (Wildman–Crippen LogP) is 9.28. The van der Waals surface area contributed by atoms with Gasteiger partial charge in [0.25, 0.3) is 0 Å². The van der Waals surface area contributed by atoms with Crippen molar-refractivity contribution in [2.24, 2.45) is 0 Å². The number of benzene rings is 3. The van der Waals surface area contributed by atoms with Crippen molar-refractivity contribution >= 4 is 28.7 Å². The van der Waals surface area contributed by atoms with Crippen LogP contribution in [0.3, 0.4) is 0 Å². The molecule has 2 heteroatoms. The van der Waals surface area contributed by atoms with E-state index in [1.807, 2.05) is 0 Å². The maximum absolute atomic E-state index is 6.22. The van der Waals surface area contributed by atoms with E-state index in [1.54, 1.807) is 0 Å². The van der Waals surface area contributed by atoms with Gasteiger partial charge in [0.1, 0.15) is 12.4 Å². The number of alkyl halides is 1. The summed E-state index contributed by atoms with van der Waals surface area (Å²) in [4.78, 5) is 0. The Labute approximate surface area is 207 Å². The van der Waals surface area contributed by atoms with Gasteiger partial charge in [-0.2, -0.15) is 0 Å². The summed E-state index contributed by atoms with van der Waals surface area (Å²) < 4.78 is 6.05. The van der Waals surface area contributed by atoms with E-state index in [-0.39, 0.29) is 3.42 Å². The number of allylic oxidation sites excluding steroid dienone is 2. The van der Waals surface area contributed by atoms with Gasteiger partial charge < -0.3 is 4.74 Å². The molecule has 0 N–H and O–H groups in total. The van der Waals surface area contributed by atoms with Gasteiger partial charge in [0.05, 0.1) is 3.42 Å². The molecular formula is C30H33IO. The second-order valence-electron chi connectivity index (χ2n) is 8.68. The average Bonchev–Trinajstić information content (AvgIpc) is 2.79. The third kappa shape index (κ3) is 5.72. The molecule has 3 aromatic rings. The summed E-state index contributed by atoms with van der Waals surface area (Å²) in [5.41, 5.74) is 9.88. The van der Waals surface area contributed by atoms with Crippen molar-refractivity contribution in [2.75, 3.05) is 0 Å². The normalized spacial score (nSPS) is 13.5. The molecule has 1 unspecified atom stereocenters. The minimum absolute atomic E-state index is 0.168. The molecule has 3 rings (SSSR count). The van der Waals surface area contributed by atoms with E-state index in [0.29, 0.717) is 6.61 Å². The molecule has 0 saturated carbocycles. The lowest BCUT2D eigenvalue weighted by Crippen LogP contribution is -2.16. The fraction of sp³-hybridized carbons (Fsp3) is 0.267. The van der Waals surface area contributed by atoms with Crippen LogP contribution in [0.4, 0.5) is 0 Å². The van der Waals surface area contributed by atoms with Gasteiger partial charge in [-0.05, 0) is 79.6 Å². The monoisotopic (exact) mass is 536 g/mol. The smallest absolute Gasteiger partial charge is 0.120 e. The first-order valence-electron chi connectivity index (χ1n) is 11.2. The minimum atomic E-state index is -0.168. The average molecular weight is 536 g/mol. The fourth-order valence-electron chi connectivity index (χ4n) is 3.57. The zero-order valence-corrected chi connectivity index (χ0v) is 22.0. The Hall–Kier alpha value is -2.33. The Bertz CT molecular complexity index is 1120. The van der Waals surface area contributed by atoms with Crippen LogP contribution in [0.15, 0.2) is 84.5 Å². The number of hydrogen-bond donors (Lipinski definition) is 0. The van der Waals surface area contributed by atoms with Crippen LogP contribution in [0.1, 0.15) is 56.4 Å². The van der Waals surface area contributed by atoms with E-state index in [4.69, 9.17) is 4.74 Å². The molecule has 0 aliphatic carbocycles. The van der Waals surface area contributed by atoms with Crippen molar-refractivity contribution in [3.8, 4) is 16.9 Å². The van der Waals surface area contributed by atoms with Gasteiger partial charge in [0.15, 0.2) is 0 Å². The van der Waals surface area contributed by atoms with E-state index >= 15 is 0 Å². The van der Waals surface area contributed by atoms with Crippen molar-refractivity contribution < 1.29 is 4.74 Å². The molecule has 0 amide bonds. The van der Waals surface area contributed by atoms with Crippen molar-refractivity contribution in [1.29, 1.82) is 0 Å². The van der Waals surface area contributed by atoms with Gasteiger partial charge in [-0.3, -0.25) is 0 Å². The summed E-state index contributed by atoms with van der Waals surface area (Å²) in [6.07, 6.45) is 3.31. The molecule has 0 radical (unpaired) electrons. The quantitative estimate of drug-likeness (QED) is 0.158. The van der Waals surface area contributed by atoms with Gasteiger partial charge >= 0.3 is 0 Å². The Balaban J connectivity index is 1.92. The topological polar surface area (TPSA) is 9.23 Å². The maximum Gasteiger partial charge on any atom is 0.120 e. The number of rotatable bonds is 8. The largest absolute Gasteiger partial charge is 0.489 e. The van der Waals surface area contributed by atoms with Crippen molar-refractivity contribution in [3.63, 3.8) is 0 Å². The first-order valence-corrected chi connectivity index (χ1v) is 12.2. The van der Waals surface area contributed by atoms with E-state index in [1.165, 1.54) is 33.4 Å². The summed E-state index contributed by atoms with van der Waals surface area (Å²) >= 11 is 2.52. The van der Waals surface area contributed by atoms with Gasteiger partial charge in [-0.25, -0.2) is 0 Å². The van der Waals surface area contributed by atoms with Gasteiger partial charge in [-0.15, -0.1) is 0 Å². The second-order valence-corrected chi connectivity index (χ2v) is 10.8. The Morgan fingerprint density at radius 3 is 2.41 bits per heavy atom. The zero-order valence-electron chi connectivity index (χ0n) is 19.8. The van der Waals surface area contributed by atoms with E-state index in [9.17, 15) is 0 Å². The van der Waals surface area contributed by atoms with Crippen LogP contribution in [-0.2, 0) is 10.0 Å². The van der Waals surface area contributed by atoms with Crippen molar-refractivity contribution in [3.05, 3.63) is 107 Å². The minimum Gasteiger partial charge on any atom is -0.489 e. The fourth-order valence-corrected chi connectivity index (χ4v) is 4.01. The number of halogens is 1. The van der Waals surface area contributed by atoms with Crippen LogP contribution in [0, 0.1) is 6.92 Å². The van der Waals surface area contributed by atoms with Crippen LogP contribution in [-0.4, -0.2) is 0 Å². The SMILES string of the molecule is C=C(C)C(C)(I)c1cc(COc2ccc(C)c(/C=C(\C)CC)c2)ccc1-c1ccccc1. The highest BCUT2D eigenvalue weighted by atomic mass is 127. The Morgan fingerprint density at radius 1 is 1.03 bits per heavy atom. The molecule has 0 fully saturated rings. The van der Waals surface area contributed by atoms with Crippen LogP contribution < -0.4 is 4.74 Å². The Morgan fingerprint density at radius 2 is 1.75 bits per heavy atom. The maximum atomic E-state index is 6.22. The standard InChI is InChI=1S/C30H33IO/c1-7-22(4)17-26-19-27(15-13-23(26)5)32-20-24-14-16-28(25-11-9-8-10-12-25)29(18-24)30(6,31)21(2)3/h8-19H,2,7,20H2,1,3-6H3/b22-17+. The highest BCUT2D eigenvalue weighted by Gasteiger charge is 2.27. The lowest BCUT2D eigenvalue weighted by atomic mass is 9.87. The first-order chi connectivity index (χ1) is 15.2.